The van der Waals surface area contributed by atoms with Gasteiger partial charge in [-0.25, -0.2) is 35.2 Å². The Morgan fingerprint density at radius 1 is 0.787 bits per heavy atom. The van der Waals surface area contributed by atoms with E-state index in [0.717, 1.165) is 50.1 Å². The minimum Gasteiger partial charge on any atom is -0.428 e. The van der Waals surface area contributed by atoms with Crippen molar-refractivity contribution in [2.24, 2.45) is 0 Å². The van der Waals surface area contributed by atoms with Crippen LogP contribution in [0.1, 0.15) is 66.4 Å². The molecule has 0 bridgehead atoms. The summed E-state index contributed by atoms with van der Waals surface area (Å²) in [6.45, 7) is -0.671. The molecule has 0 radical (unpaired) electrons. The van der Waals surface area contributed by atoms with Crippen molar-refractivity contribution in [1.82, 2.24) is 4.31 Å². The molecule has 4 rings (SSSR count). The Bertz CT molecular complexity index is 1720. The van der Waals surface area contributed by atoms with E-state index in [1.165, 1.54) is 30.7 Å². The molecule has 0 aromatic heterocycles. The van der Waals surface area contributed by atoms with Crippen LogP contribution in [-0.4, -0.2) is 51.0 Å². The van der Waals surface area contributed by atoms with Gasteiger partial charge in [-0.2, -0.15) is 4.31 Å². The molecule has 3 aromatic carbocycles. The fraction of sp³-hybridized carbons (Fsp3) is 0.344. The quantitative estimate of drug-likeness (QED) is 0.0807. The highest BCUT2D eigenvalue weighted by molar-refractivity contribution is 7.89. The van der Waals surface area contributed by atoms with Crippen LogP contribution in [-0.2, 0) is 35.6 Å². The third-order valence-corrected chi connectivity index (χ3v) is 9.58. The number of benzene rings is 3. The number of hydrogen-bond acceptors (Lipinski definition) is 7. The minimum atomic E-state index is -5.40. The second kappa shape index (κ2) is 15.0. The topological polar surface area (TPSA) is 110 Å². The first-order valence-corrected chi connectivity index (χ1v) is 15.9. The second-order valence-corrected chi connectivity index (χ2v) is 12.9. The van der Waals surface area contributed by atoms with Crippen molar-refractivity contribution >= 4 is 33.6 Å². The molecule has 3 aromatic rings. The lowest BCUT2D eigenvalue weighted by Gasteiger charge is -2.27. The van der Waals surface area contributed by atoms with Gasteiger partial charge in [0.1, 0.15) is 0 Å². The van der Waals surface area contributed by atoms with Crippen molar-refractivity contribution < 1.29 is 54.2 Å². The molecule has 0 unspecified atom stereocenters. The number of likely N-dealkylation sites (N-methyl/N-ethyl adjacent to an activating group) is 1. The van der Waals surface area contributed by atoms with Crippen LogP contribution in [0.15, 0.2) is 53.4 Å². The number of anilines is 1. The number of carbonyl (C=O) groups excluding carboxylic acids is 3. The van der Waals surface area contributed by atoms with Gasteiger partial charge in [0, 0.05) is 19.7 Å². The SMILES string of the molecule is CC(=O)OCOC(=O)c1ccc(N(Cc2ccc(C3CCCCC3)cc2)C(=O)CN(C)S(=O)(=O)c2c(F)c(F)c(F)c(F)c2F)cc1. The van der Waals surface area contributed by atoms with Gasteiger partial charge in [0.15, 0.2) is 28.2 Å². The molecule has 47 heavy (non-hydrogen) atoms. The van der Waals surface area contributed by atoms with Crippen LogP contribution in [0.5, 0.6) is 0 Å². The zero-order chi connectivity index (χ0) is 34.5. The first kappa shape index (κ1) is 35.5. The Kier molecular flexibility index (Phi) is 11.3. The molecule has 1 fully saturated rings. The summed E-state index contributed by atoms with van der Waals surface area (Å²) in [5, 5.41) is 0. The Morgan fingerprint density at radius 3 is 1.89 bits per heavy atom. The van der Waals surface area contributed by atoms with Crippen LogP contribution in [0, 0.1) is 29.1 Å². The molecule has 1 saturated carbocycles. The third-order valence-electron chi connectivity index (χ3n) is 7.76. The van der Waals surface area contributed by atoms with Crippen LogP contribution in [0.2, 0.25) is 0 Å². The summed E-state index contributed by atoms with van der Waals surface area (Å²) in [7, 11) is -4.65. The molecule has 0 aliphatic heterocycles. The zero-order valence-corrected chi connectivity index (χ0v) is 26.2. The number of rotatable bonds is 11. The van der Waals surface area contributed by atoms with Gasteiger partial charge in [-0.1, -0.05) is 43.5 Å². The second-order valence-electron chi connectivity index (χ2n) is 10.9. The number of carbonyl (C=O) groups is 3. The van der Waals surface area contributed by atoms with Gasteiger partial charge in [-0.05, 0) is 54.2 Å². The molecule has 1 aliphatic carbocycles. The Labute approximate surface area is 267 Å². The molecular weight excluding hydrogens is 651 g/mol. The molecule has 15 heteroatoms. The summed E-state index contributed by atoms with van der Waals surface area (Å²) in [5.41, 5.74) is 1.96. The van der Waals surface area contributed by atoms with E-state index in [1.54, 1.807) is 12.1 Å². The maximum absolute atomic E-state index is 14.4. The van der Waals surface area contributed by atoms with E-state index < -0.39 is 75.2 Å². The number of halogens is 5. The summed E-state index contributed by atoms with van der Waals surface area (Å²) in [6, 6.07) is 12.8. The van der Waals surface area contributed by atoms with Crippen molar-refractivity contribution in [2.45, 2.75) is 56.4 Å². The zero-order valence-electron chi connectivity index (χ0n) is 25.4. The highest BCUT2D eigenvalue weighted by atomic mass is 32.2. The molecule has 9 nitrogen and oxygen atoms in total. The highest BCUT2D eigenvalue weighted by Gasteiger charge is 2.37. The Balaban J connectivity index is 1.61. The summed E-state index contributed by atoms with van der Waals surface area (Å²) >= 11 is 0. The first-order chi connectivity index (χ1) is 22.2. The van der Waals surface area contributed by atoms with Gasteiger partial charge in [0.25, 0.3) is 0 Å². The predicted octanol–water partition coefficient (Wildman–Crippen LogP) is 5.96. The van der Waals surface area contributed by atoms with Crippen LogP contribution in [0.3, 0.4) is 0 Å². The van der Waals surface area contributed by atoms with E-state index in [9.17, 15) is 44.8 Å². The molecule has 0 N–H and O–H groups in total. The molecule has 0 saturated heterocycles. The maximum atomic E-state index is 14.4. The van der Waals surface area contributed by atoms with Gasteiger partial charge >= 0.3 is 11.9 Å². The van der Waals surface area contributed by atoms with Crippen LogP contribution >= 0.6 is 0 Å². The Hall–Kier alpha value is -4.37. The van der Waals surface area contributed by atoms with Crippen LogP contribution < -0.4 is 4.90 Å². The minimum absolute atomic E-state index is 0.0242. The van der Waals surface area contributed by atoms with Crippen molar-refractivity contribution in [3.63, 3.8) is 0 Å². The molecule has 252 valence electrons. The molecule has 1 amide bonds. The normalized spacial score (nSPS) is 13.8. The first-order valence-electron chi connectivity index (χ1n) is 14.5. The van der Waals surface area contributed by atoms with E-state index in [0.29, 0.717) is 11.5 Å². The lowest BCUT2D eigenvalue weighted by molar-refractivity contribution is -0.149. The maximum Gasteiger partial charge on any atom is 0.341 e. The van der Waals surface area contributed by atoms with Gasteiger partial charge in [0.2, 0.25) is 28.5 Å². The number of esters is 2. The number of amides is 1. The van der Waals surface area contributed by atoms with Crippen LogP contribution in [0.25, 0.3) is 0 Å². The summed E-state index contributed by atoms with van der Waals surface area (Å²) in [4.78, 5) is 35.9. The van der Waals surface area contributed by atoms with Gasteiger partial charge in [0.05, 0.1) is 18.7 Å². The molecule has 1 aliphatic rings. The Morgan fingerprint density at radius 2 is 1.34 bits per heavy atom. The molecular formula is C32H31F5N2O7S. The third kappa shape index (κ3) is 8.14. The van der Waals surface area contributed by atoms with Gasteiger partial charge in [-0.3, -0.25) is 9.59 Å². The number of nitrogens with zero attached hydrogens (tertiary/aromatic N) is 2. The molecule has 0 spiro atoms. The van der Waals surface area contributed by atoms with Crippen molar-refractivity contribution in [3.05, 3.63) is 94.3 Å². The van der Waals surface area contributed by atoms with E-state index in [2.05, 4.69) is 4.74 Å². The fourth-order valence-electron chi connectivity index (χ4n) is 5.19. The molecule has 0 heterocycles. The smallest absolute Gasteiger partial charge is 0.341 e. The number of ether oxygens (including phenoxy) is 2. The average molecular weight is 683 g/mol. The van der Waals surface area contributed by atoms with Crippen LogP contribution in [0.4, 0.5) is 27.6 Å². The molecule has 0 atom stereocenters. The average Bonchev–Trinajstić information content (AvgIpc) is 3.05. The lowest BCUT2D eigenvalue weighted by Crippen LogP contribution is -2.41. The largest absolute Gasteiger partial charge is 0.428 e. The van der Waals surface area contributed by atoms with Gasteiger partial charge < -0.3 is 14.4 Å². The lowest BCUT2D eigenvalue weighted by atomic mass is 9.84. The summed E-state index contributed by atoms with van der Waals surface area (Å²) < 4.78 is 106. The van der Waals surface area contributed by atoms with E-state index >= 15 is 0 Å². The number of sulfonamides is 1. The van der Waals surface area contributed by atoms with E-state index in [4.69, 9.17) is 4.74 Å². The summed E-state index contributed by atoms with van der Waals surface area (Å²) in [6.07, 6.45) is 5.56. The van der Waals surface area contributed by atoms with Crippen molar-refractivity contribution in [3.8, 4) is 0 Å². The predicted molar refractivity (Wildman–Crippen MR) is 158 cm³/mol. The monoisotopic (exact) mass is 682 g/mol. The van der Waals surface area contributed by atoms with Crippen molar-refractivity contribution in [1.29, 1.82) is 0 Å². The van der Waals surface area contributed by atoms with E-state index in [-0.39, 0.29) is 22.1 Å². The standard InChI is InChI=1S/C32H31F5N2O7S/c1-19(40)45-18-46-32(42)23-12-14-24(15-13-23)39(16-20-8-10-22(11-9-20)21-6-4-3-5-7-21)25(41)17-38(2)47(43,44)31-29(36)27(34)26(33)28(35)30(31)37/h8-15,21H,3-7,16-18H2,1-2H3. The van der Waals surface area contributed by atoms with Crippen molar-refractivity contribution in [2.75, 3.05) is 25.3 Å². The van der Waals surface area contributed by atoms with E-state index in [1.807, 2.05) is 12.1 Å². The highest BCUT2D eigenvalue weighted by Crippen LogP contribution is 2.33. The van der Waals surface area contributed by atoms with Gasteiger partial charge in [-0.15, -0.1) is 0 Å². The fourth-order valence-corrected chi connectivity index (χ4v) is 6.42. The summed E-state index contributed by atoms with van der Waals surface area (Å²) in [5.74, 6) is -14.6. The number of hydrogen-bond donors (Lipinski definition) is 0.